The number of hydrogen-bond acceptors (Lipinski definition) is 1. The maximum absolute atomic E-state index is 4.41. The first-order chi connectivity index (χ1) is 7.22. The van der Waals surface area contributed by atoms with E-state index in [1.807, 2.05) is 6.33 Å². The molecule has 1 aliphatic carbocycles. The van der Waals surface area contributed by atoms with Gasteiger partial charge in [-0.25, -0.2) is 4.98 Å². The zero-order chi connectivity index (χ0) is 10.8. The first-order valence-electron chi connectivity index (χ1n) is 6.22. The van der Waals surface area contributed by atoms with E-state index in [4.69, 9.17) is 0 Å². The molecule has 0 N–H and O–H groups in total. The molecule has 0 aromatic carbocycles. The Kier molecular flexibility index (Phi) is 3.13. The van der Waals surface area contributed by atoms with E-state index < -0.39 is 0 Å². The van der Waals surface area contributed by atoms with Crippen molar-refractivity contribution < 1.29 is 0 Å². The molecule has 0 saturated heterocycles. The van der Waals surface area contributed by atoms with E-state index >= 15 is 0 Å². The van der Waals surface area contributed by atoms with Gasteiger partial charge in [0.2, 0.25) is 0 Å². The van der Waals surface area contributed by atoms with Gasteiger partial charge < -0.3 is 4.57 Å². The predicted octanol–water partition coefficient (Wildman–Crippen LogP) is 3.64. The van der Waals surface area contributed by atoms with Crippen LogP contribution < -0.4 is 0 Å². The van der Waals surface area contributed by atoms with E-state index in [0.29, 0.717) is 6.04 Å². The molecule has 1 aromatic heterocycles. The second-order valence-corrected chi connectivity index (χ2v) is 4.92. The molecule has 0 radical (unpaired) electrons. The molecule has 0 aliphatic heterocycles. The Labute approximate surface area is 92.7 Å². The van der Waals surface area contributed by atoms with E-state index in [1.54, 1.807) is 0 Å². The van der Waals surface area contributed by atoms with Crippen molar-refractivity contribution in [3.05, 3.63) is 17.7 Å². The Bertz CT molecular complexity index is 327. The third-order valence-corrected chi connectivity index (χ3v) is 4.01. The van der Waals surface area contributed by atoms with Crippen LogP contribution in [-0.4, -0.2) is 9.55 Å². The highest BCUT2D eigenvalue weighted by Gasteiger charge is 2.23. The Balaban J connectivity index is 2.13. The van der Waals surface area contributed by atoms with E-state index in [9.17, 15) is 0 Å². The van der Waals surface area contributed by atoms with Gasteiger partial charge in [0.05, 0.1) is 12.0 Å². The first-order valence-corrected chi connectivity index (χ1v) is 6.22. The molecule has 2 unspecified atom stereocenters. The van der Waals surface area contributed by atoms with Gasteiger partial charge in [0, 0.05) is 11.7 Å². The summed E-state index contributed by atoms with van der Waals surface area (Å²) in [6.45, 7) is 6.61. The topological polar surface area (TPSA) is 17.8 Å². The van der Waals surface area contributed by atoms with Crippen LogP contribution in [0.1, 0.15) is 56.5 Å². The Morgan fingerprint density at radius 2 is 2.20 bits per heavy atom. The van der Waals surface area contributed by atoms with Gasteiger partial charge in [0.25, 0.3) is 0 Å². The zero-order valence-corrected chi connectivity index (χ0v) is 10.2. The van der Waals surface area contributed by atoms with E-state index in [-0.39, 0.29) is 0 Å². The van der Waals surface area contributed by atoms with Gasteiger partial charge in [0.1, 0.15) is 0 Å². The van der Waals surface area contributed by atoms with Crippen LogP contribution in [0.3, 0.4) is 0 Å². The van der Waals surface area contributed by atoms with Crippen LogP contribution in [0.25, 0.3) is 0 Å². The van der Waals surface area contributed by atoms with Crippen LogP contribution in [-0.2, 0) is 0 Å². The summed E-state index contributed by atoms with van der Waals surface area (Å²) in [7, 11) is 0. The minimum Gasteiger partial charge on any atom is -0.332 e. The summed E-state index contributed by atoms with van der Waals surface area (Å²) >= 11 is 0. The number of hydrogen-bond donors (Lipinski definition) is 0. The second kappa shape index (κ2) is 4.38. The molecule has 0 spiro atoms. The lowest BCUT2D eigenvalue weighted by Crippen LogP contribution is -2.19. The minimum absolute atomic E-state index is 0.713. The van der Waals surface area contributed by atoms with E-state index in [1.165, 1.54) is 43.5 Å². The van der Waals surface area contributed by atoms with Crippen LogP contribution >= 0.6 is 0 Å². The lowest BCUT2D eigenvalue weighted by Gasteiger charge is -2.30. The molecule has 2 rings (SSSR count). The number of aromatic nitrogens is 2. The lowest BCUT2D eigenvalue weighted by atomic mass is 9.84. The molecule has 2 heteroatoms. The fourth-order valence-electron chi connectivity index (χ4n) is 2.77. The normalized spacial score (nSPS) is 26.9. The number of imidazole rings is 1. The molecule has 1 aromatic rings. The smallest absolute Gasteiger partial charge is 0.0954 e. The Morgan fingerprint density at radius 1 is 1.40 bits per heavy atom. The Morgan fingerprint density at radius 3 is 2.80 bits per heavy atom. The molecular weight excluding hydrogens is 184 g/mol. The summed E-state index contributed by atoms with van der Waals surface area (Å²) in [5.41, 5.74) is 2.55. The van der Waals surface area contributed by atoms with Gasteiger partial charge in [-0.15, -0.1) is 0 Å². The maximum Gasteiger partial charge on any atom is 0.0954 e. The molecule has 0 bridgehead atoms. The first kappa shape index (κ1) is 10.7. The molecule has 2 atom stereocenters. The van der Waals surface area contributed by atoms with Gasteiger partial charge in [0.15, 0.2) is 0 Å². The van der Waals surface area contributed by atoms with E-state index in [0.717, 1.165) is 5.92 Å². The average Bonchev–Trinajstić information content (AvgIpc) is 2.60. The molecule has 1 aliphatic rings. The lowest BCUT2D eigenvalue weighted by molar-refractivity contribution is 0.259. The van der Waals surface area contributed by atoms with Gasteiger partial charge in [-0.05, 0) is 32.6 Å². The van der Waals surface area contributed by atoms with Crippen molar-refractivity contribution in [2.75, 3.05) is 0 Å². The van der Waals surface area contributed by atoms with Crippen molar-refractivity contribution >= 4 is 0 Å². The van der Waals surface area contributed by atoms with Crippen molar-refractivity contribution in [2.45, 2.75) is 58.9 Å². The van der Waals surface area contributed by atoms with Crippen LogP contribution in [0.4, 0.5) is 0 Å². The minimum atomic E-state index is 0.713. The van der Waals surface area contributed by atoms with Crippen LogP contribution in [0.15, 0.2) is 6.33 Å². The fraction of sp³-hybridized carbons (Fsp3) is 0.769. The number of nitrogens with zero attached hydrogens (tertiary/aromatic N) is 2. The SMILES string of the molecule is CCC1CCCC(n2cnc(C)c2C)C1. The van der Waals surface area contributed by atoms with E-state index in [2.05, 4.69) is 30.3 Å². The summed E-state index contributed by atoms with van der Waals surface area (Å²) in [4.78, 5) is 4.41. The summed E-state index contributed by atoms with van der Waals surface area (Å²) in [6.07, 6.45) is 8.89. The van der Waals surface area contributed by atoms with Crippen LogP contribution in [0, 0.1) is 19.8 Å². The molecular formula is C13H22N2. The predicted molar refractivity (Wildman–Crippen MR) is 63.0 cm³/mol. The number of rotatable bonds is 2. The quantitative estimate of drug-likeness (QED) is 0.722. The molecule has 0 amide bonds. The summed E-state index contributed by atoms with van der Waals surface area (Å²) < 4.78 is 2.40. The monoisotopic (exact) mass is 206 g/mol. The largest absolute Gasteiger partial charge is 0.332 e. The van der Waals surface area contributed by atoms with Crippen molar-refractivity contribution in [1.82, 2.24) is 9.55 Å². The molecule has 1 saturated carbocycles. The van der Waals surface area contributed by atoms with Crippen molar-refractivity contribution in [1.29, 1.82) is 0 Å². The van der Waals surface area contributed by atoms with Crippen LogP contribution in [0.2, 0.25) is 0 Å². The number of aryl methyl sites for hydroxylation is 1. The van der Waals surface area contributed by atoms with Crippen molar-refractivity contribution in [3.63, 3.8) is 0 Å². The summed E-state index contributed by atoms with van der Waals surface area (Å²) in [6, 6.07) is 0.713. The van der Waals surface area contributed by atoms with Gasteiger partial charge in [-0.1, -0.05) is 26.2 Å². The average molecular weight is 206 g/mol. The van der Waals surface area contributed by atoms with Crippen molar-refractivity contribution in [3.8, 4) is 0 Å². The van der Waals surface area contributed by atoms with Crippen LogP contribution in [0.5, 0.6) is 0 Å². The molecule has 1 fully saturated rings. The third-order valence-electron chi connectivity index (χ3n) is 4.01. The zero-order valence-electron chi connectivity index (χ0n) is 10.2. The molecule has 2 nitrogen and oxygen atoms in total. The molecule has 15 heavy (non-hydrogen) atoms. The second-order valence-electron chi connectivity index (χ2n) is 4.92. The summed E-state index contributed by atoms with van der Waals surface area (Å²) in [5.74, 6) is 0.936. The highest BCUT2D eigenvalue weighted by Crippen LogP contribution is 2.34. The standard InChI is InChI=1S/C13H22N2/c1-4-12-6-5-7-13(8-12)15-9-14-10(2)11(15)3/h9,12-13H,4-8H2,1-3H3. The maximum atomic E-state index is 4.41. The van der Waals surface area contributed by atoms with Gasteiger partial charge in [-0.2, -0.15) is 0 Å². The Hall–Kier alpha value is -0.790. The molecule has 1 heterocycles. The third kappa shape index (κ3) is 2.09. The highest BCUT2D eigenvalue weighted by molar-refractivity contribution is 5.10. The fourth-order valence-corrected chi connectivity index (χ4v) is 2.77. The van der Waals surface area contributed by atoms with Gasteiger partial charge in [-0.3, -0.25) is 0 Å². The van der Waals surface area contributed by atoms with Crippen molar-refractivity contribution in [2.24, 2.45) is 5.92 Å². The van der Waals surface area contributed by atoms with Gasteiger partial charge >= 0.3 is 0 Å². The molecule has 84 valence electrons. The summed E-state index contributed by atoms with van der Waals surface area (Å²) in [5, 5.41) is 0. The highest BCUT2D eigenvalue weighted by atomic mass is 15.1.